The number of nitrogens with one attached hydrogen (secondary N) is 1. The Morgan fingerprint density at radius 3 is 1.70 bits per heavy atom. The highest BCUT2D eigenvalue weighted by molar-refractivity contribution is 6.21. The summed E-state index contributed by atoms with van der Waals surface area (Å²) < 4.78 is 0. The van der Waals surface area contributed by atoms with Crippen LogP contribution in [0.3, 0.4) is 0 Å². The first-order valence-electron chi connectivity index (χ1n) is 14.8. The molecule has 1 aliphatic rings. The van der Waals surface area contributed by atoms with Crippen molar-refractivity contribution in [2.75, 3.05) is 6.54 Å². The van der Waals surface area contributed by atoms with Crippen molar-refractivity contribution in [3.63, 3.8) is 0 Å². The minimum absolute atomic E-state index is 0.805. The van der Waals surface area contributed by atoms with Crippen LogP contribution >= 0.6 is 0 Å². The standard InChI is InChI=1S/C41H30N2/c1-27-10-12-29(13-11-27)40-35-6-2-4-8-37(35)41(38-9-5-3-7-36(38)40)34-17-15-30-24-33(16-14-31(30)25-34)39-26-32(20-23-43-39)28-18-21-42-22-19-28/h2-22,24-26,43H,23H2,1H3. The van der Waals surface area contributed by atoms with Crippen molar-refractivity contribution < 1.29 is 0 Å². The van der Waals surface area contributed by atoms with E-state index in [9.17, 15) is 0 Å². The first-order valence-corrected chi connectivity index (χ1v) is 14.8. The predicted octanol–water partition coefficient (Wildman–Crippen LogP) is 10.2. The lowest BCUT2D eigenvalue weighted by molar-refractivity contribution is 0.999. The molecule has 0 atom stereocenters. The van der Waals surface area contributed by atoms with Gasteiger partial charge in [-0.1, -0.05) is 109 Å². The second-order valence-electron chi connectivity index (χ2n) is 11.3. The molecule has 1 N–H and O–H groups in total. The lowest BCUT2D eigenvalue weighted by atomic mass is 9.85. The van der Waals surface area contributed by atoms with E-state index in [1.165, 1.54) is 76.8 Å². The Bertz CT molecular complexity index is 2160. The van der Waals surface area contributed by atoms with Crippen LogP contribution in [0.2, 0.25) is 0 Å². The largest absolute Gasteiger partial charge is 0.381 e. The van der Waals surface area contributed by atoms with Gasteiger partial charge in [0.2, 0.25) is 0 Å². The van der Waals surface area contributed by atoms with Crippen LogP contribution in [0.4, 0.5) is 0 Å². The summed E-state index contributed by atoms with van der Waals surface area (Å²) in [4.78, 5) is 4.17. The van der Waals surface area contributed by atoms with Crippen LogP contribution in [0.25, 0.3) is 65.8 Å². The van der Waals surface area contributed by atoms with Crippen LogP contribution in [-0.4, -0.2) is 11.5 Å². The first kappa shape index (κ1) is 25.3. The fourth-order valence-electron chi connectivity index (χ4n) is 6.51. The minimum Gasteiger partial charge on any atom is -0.381 e. The number of rotatable bonds is 4. The van der Waals surface area contributed by atoms with E-state index in [1.807, 2.05) is 12.4 Å². The Kier molecular flexibility index (Phi) is 6.12. The number of pyridine rings is 1. The van der Waals surface area contributed by atoms with Gasteiger partial charge in [0.1, 0.15) is 0 Å². The number of benzene rings is 6. The molecule has 43 heavy (non-hydrogen) atoms. The number of nitrogens with zero attached hydrogens (tertiary/aromatic N) is 1. The molecule has 2 nitrogen and oxygen atoms in total. The van der Waals surface area contributed by atoms with E-state index < -0.39 is 0 Å². The molecule has 0 spiro atoms. The third kappa shape index (κ3) is 4.49. The molecule has 0 radical (unpaired) electrons. The molecular weight excluding hydrogens is 520 g/mol. The number of fused-ring (bicyclic) bond motifs is 3. The second-order valence-corrected chi connectivity index (χ2v) is 11.3. The van der Waals surface area contributed by atoms with E-state index in [0.717, 1.165) is 12.2 Å². The van der Waals surface area contributed by atoms with E-state index in [0.29, 0.717) is 0 Å². The zero-order chi connectivity index (χ0) is 28.8. The number of aryl methyl sites for hydroxylation is 1. The van der Waals surface area contributed by atoms with Gasteiger partial charge in [0, 0.05) is 24.6 Å². The summed E-state index contributed by atoms with van der Waals surface area (Å²) in [5.41, 5.74) is 11.1. The minimum atomic E-state index is 0.805. The average Bonchev–Trinajstić information content (AvgIpc) is 3.07. The first-order chi connectivity index (χ1) is 21.2. The molecule has 0 bridgehead atoms. The van der Waals surface area contributed by atoms with Crippen molar-refractivity contribution >= 4 is 43.6 Å². The Morgan fingerprint density at radius 1 is 0.535 bits per heavy atom. The lowest BCUT2D eigenvalue weighted by Crippen LogP contribution is -2.16. The molecule has 0 amide bonds. The molecule has 204 valence electrons. The van der Waals surface area contributed by atoms with Crippen LogP contribution in [-0.2, 0) is 0 Å². The molecule has 0 unspecified atom stereocenters. The van der Waals surface area contributed by atoms with E-state index in [-0.39, 0.29) is 0 Å². The number of hydrogen-bond donors (Lipinski definition) is 1. The lowest BCUT2D eigenvalue weighted by Gasteiger charge is -2.19. The fourth-order valence-corrected chi connectivity index (χ4v) is 6.51. The Balaban J connectivity index is 1.26. The van der Waals surface area contributed by atoms with Gasteiger partial charge in [-0.3, -0.25) is 4.98 Å². The average molecular weight is 551 g/mol. The van der Waals surface area contributed by atoms with Gasteiger partial charge in [-0.2, -0.15) is 0 Å². The maximum Gasteiger partial charge on any atom is 0.0422 e. The highest BCUT2D eigenvalue weighted by Crippen LogP contribution is 2.44. The van der Waals surface area contributed by atoms with Crippen molar-refractivity contribution in [2.45, 2.75) is 6.92 Å². The SMILES string of the molecule is Cc1ccc(-c2c3ccccc3c(-c3ccc4cc(C5=CC(c6ccncc6)=CCN5)ccc4c3)c3ccccc23)cc1. The maximum atomic E-state index is 4.17. The summed E-state index contributed by atoms with van der Waals surface area (Å²) >= 11 is 0. The van der Waals surface area contributed by atoms with Crippen molar-refractivity contribution in [3.8, 4) is 22.3 Å². The molecule has 0 saturated carbocycles. The molecule has 7 aromatic rings. The molecular formula is C41H30N2. The molecule has 0 aliphatic carbocycles. The van der Waals surface area contributed by atoms with Gasteiger partial charge in [-0.25, -0.2) is 0 Å². The van der Waals surface area contributed by atoms with Gasteiger partial charge >= 0.3 is 0 Å². The van der Waals surface area contributed by atoms with E-state index in [1.54, 1.807) is 0 Å². The normalized spacial score (nSPS) is 13.1. The zero-order valence-corrected chi connectivity index (χ0v) is 24.0. The van der Waals surface area contributed by atoms with Crippen LogP contribution < -0.4 is 5.32 Å². The van der Waals surface area contributed by atoms with Crippen LogP contribution in [0.1, 0.15) is 16.7 Å². The highest BCUT2D eigenvalue weighted by Gasteiger charge is 2.17. The predicted molar refractivity (Wildman–Crippen MR) is 183 cm³/mol. The molecule has 2 heterocycles. The van der Waals surface area contributed by atoms with Crippen LogP contribution in [0, 0.1) is 6.92 Å². The second kappa shape index (κ2) is 10.4. The summed E-state index contributed by atoms with van der Waals surface area (Å²) in [5.74, 6) is 0. The maximum absolute atomic E-state index is 4.17. The summed E-state index contributed by atoms with van der Waals surface area (Å²) in [5, 5.41) is 11.2. The van der Waals surface area contributed by atoms with Crippen molar-refractivity contribution in [3.05, 3.63) is 163 Å². The van der Waals surface area contributed by atoms with Crippen molar-refractivity contribution in [1.29, 1.82) is 0 Å². The number of allylic oxidation sites excluding steroid dienone is 2. The summed E-state index contributed by atoms with van der Waals surface area (Å²) in [6, 6.07) is 44.5. The molecule has 6 aromatic carbocycles. The van der Waals surface area contributed by atoms with Crippen LogP contribution in [0.5, 0.6) is 0 Å². The van der Waals surface area contributed by atoms with Gasteiger partial charge < -0.3 is 5.32 Å². The Morgan fingerprint density at radius 2 is 1.07 bits per heavy atom. The van der Waals surface area contributed by atoms with Gasteiger partial charge in [0.05, 0.1) is 0 Å². The molecule has 0 fully saturated rings. The van der Waals surface area contributed by atoms with Gasteiger partial charge in [-0.05, 0) is 109 Å². The molecule has 0 saturated heterocycles. The van der Waals surface area contributed by atoms with Gasteiger partial charge in [0.15, 0.2) is 0 Å². The van der Waals surface area contributed by atoms with Crippen molar-refractivity contribution in [1.82, 2.24) is 10.3 Å². The topological polar surface area (TPSA) is 24.9 Å². The van der Waals surface area contributed by atoms with Crippen LogP contribution in [0.15, 0.2) is 146 Å². The number of aromatic nitrogens is 1. The van der Waals surface area contributed by atoms with E-state index in [2.05, 4.69) is 151 Å². The number of dihydropyridines is 1. The molecule has 2 heteroatoms. The van der Waals surface area contributed by atoms with Gasteiger partial charge in [-0.15, -0.1) is 0 Å². The monoisotopic (exact) mass is 550 g/mol. The zero-order valence-electron chi connectivity index (χ0n) is 24.0. The Labute approximate surface area is 251 Å². The molecule has 1 aromatic heterocycles. The van der Waals surface area contributed by atoms with E-state index in [4.69, 9.17) is 0 Å². The molecule has 1 aliphatic heterocycles. The van der Waals surface area contributed by atoms with E-state index >= 15 is 0 Å². The highest BCUT2D eigenvalue weighted by atomic mass is 14.9. The number of hydrogen-bond acceptors (Lipinski definition) is 2. The third-order valence-corrected chi connectivity index (χ3v) is 8.64. The fraction of sp³-hybridized carbons (Fsp3) is 0.0488. The third-order valence-electron chi connectivity index (χ3n) is 8.64. The summed E-state index contributed by atoms with van der Waals surface area (Å²) in [7, 11) is 0. The molecule has 8 rings (SSSR count). The quantitative estimate of drug-likeness (QED) is 0.221. The van der Waals surface area contributed by atoms with Gasteiger partial charge in [0.25, 0.3) is 0 Å². The summed E-state index contributed by atoms with van der Waals surface area (Å²) in [6.45, 7) is 2.95. The Hall–Kier alpha value is -5.47. The summed E-state index contributed by atoms with van der Waals surface area (Å²) in [6.07, 6.45) is 8.16. The van der Waals surface area contributed by atoms with Crippen molar-refractivity contribution in [2.24, 2.45) is 0 Å². The smallest absolute Gasteiger partial charge is 0.0422 e.